The molecule has 3 nitrogen and oxygen atoms in total. The van der Waals surface area contributed by atoms with Crippen molar-refractivity contribution >= 4 is 65.2 Å². The number of aromatic nitrogens is 3. The van der Waals surface area contributed by atoms with Crippen LogP contribution in [0.1, 0.15) is 13.8 Å². The molecule has 0 N–H and O–H groups in total. The lowest BCUT2D eigenvalue weighted by Gasteiger charge is -2.14. The molecule has 0 spiro atoms. The summed E-state index contributed by atoms with van der Waals surface area (Å²) >= 11 is 0. The number of para-hydroxylation sites is 4. The van der Waals surface area contributed by atoms with Crippen LogP contribution in [0.3, 0.4) is 0 Å². The van der Waals surface area contributed by atoms with Crippen LogP contribution >= 0.6 is 0 Å². The number of nitrogens with zero attached hydrogens (tertiary/aromatic N) is 3. The normalized spacial score (nSPS) is 11.5. The fraction of sp³-hybridized carbons (Fsp3) is 0.0444. The average Bonchev–Trinajstić information content (AvgIpc) is 3.73. The molecule has 0 atom stereocenters. The van der Waals surface area contributed by atoms with Gasteiger partial charge in [0, 0.05) is 33.1 Å². The van der Waals surface area contributed by atoms with Gasteiger partial charge in [0.1, 0.15) is 5.82 Å². The highest BCUT2D eigenvalue weighted by Gasteiger charge is 2.23. The molecular weight excluding hydrogens is 583 g/mol. The quantitative estimate of drug-likeness (QED) is 0.181. The number of fused-ring (bicyclic) bond motifs is 11. The molecule has 10 rings (SSSR count). The lowest BCUT2D eigenvalue weighted by Crippen LogP contribution is -1.98. The van der Waals surface area contributed by atoms with E-state index in [0.29, 0.717) is 0 Å². The van der Waals surface area contributed by atoms with Gasteiger partial charge < -0.3 is 4.57 Å². The minimum Gasteiger partial charge on any atom is -0.309 e. The fourth-order valence-electron chi connectivity index (χ4n) is 7.62. The molecule has 3 heteroatoms. The zero-order chi connectivity index (χ0) is 32.2. The summed E-state index contributed by atoms with van der Waals surface area (Å²) in [6, 6.07) is 58.8. The van der Waals surface area contributed by atoms with Gasteiger partial charge in [0.05, 0.1) is 22.1 Å². The Bertz CT molecular complexity index is 2750. The molecule has 0 aliphatic heterocycles. The van der Waals surface area contributed by atoms with E-state index in [2.05, 4.69) is 173 Å². The number of imidazole rings is 1. The van der Waals surface area contributed by atoms with Gasteiger partial charge in [-0.25, -0.2) is 4.98 Å². The zero-order valence-corrected chi connectivity index (χ0v) is 26.9. The van der Waals surface area contributed by atoms with Gasteiger partial charge in [0.15, 0.2) is 0 Å². The third kappa shape index (κ3) is 4.04. The Hall–Kier alpha value is -6.19. The zero-order valence-electron chi connectivity index (χ0n) is 26.9. The summed E-state index contributed by atoms with van der Waals surface area (Å²) in [6.07, 6.45) is 0. The first-order valence-corrected chi connectivity index (χ1v) is 16.7. The topological polar surface area (TPSA) is 22.8 Å². The Labute approximate surface area is 278 Å². The average molecular weight is 616 g/mol. The molecule has 48 heavy (non-hydrogen) atoms. The predicted octanol–water partition coefficient (Wildman–Crippen LogP) is 12.3. The lowest BCUT2D eigenvalue weighted by molar-refractivity contribution is 1.10. The van der Waals surface area contributed by atoms with Gasteiger partial charge in [-0.2, -0.15) is 0 Å². The van der Waals surface area contributed by atoms with E-state index in [0.717, 1.165) is 39.3 Å². The molecule has 228 valence electrons. The minimum atomic E-state index is 0.938. The van der Waals surface area contributed by atoms with E-state index in [1.807, 2.05) is 13.8 Å². The summed E-state index contributed by atoms with van der Waals surface area (Å²) in [5.41, 5.74) is 7.80. The van der Waals surface area contributed by atoms with E-state index in [1.165, 1.54) is 48.6 Å². The second kappa shape index (κ2) is 11.3. The Morgan fingerprint density at radius 1 is 0.375 bits per heavy atom. The first kappa shape index (κ1) is 28.1. The van der Waals surface area contributed by atoms with E-state index < -0.39 is 0 Å². The van der Waals surface area contributed by atoms with Gasteiger partial charge in [0.25, 0.3) is 0 Å². The number of hydrogen-bond donors (Lipinski definition) is 0. The predicted molar refractivity (Wildman–Crippen MR) is 205 cm³/mol. The molecule has 0 aliphatic carbocycles. The lowest BCUT2D eigenvalue weighted by atomic mass is 9.92. The maximum absolute atomic E-state index is 5.31. The van der Waals surface area contributed by atoms with E-state index in [9.17, 15) is 0 Å². The summed E-state index contributed by atoms with van der Waals surface area (Å²) in [5, 5.41) is 10.0. The molecule has 0 unspecified atom stereocenters. The molecule has 0 fully saturated rings. The third-order valence-electron chi connectivity index (χ3n) is 9.49. The molecule has 0 saturated heterocycles. The van der Waals surface area contributed by atoms with Crippen molar-refractivity contribution in [3.05, 3.63) is 164 Å². The SMILES string of the molecule is CC.c1ccc(-n2c(-c3cccc4c3c3ccc5c6ccccc6c6ccccc6c5c3n4-c3ccccc3)nc3ccccc32)cc1. The molecule has 0 radical (unpaired) electrons. The van der Waals surface area contributed by atoms with Gasteiger partial charge in [0.2, 0.25) is 0 Å². The largest absolute Gasteiger partial charge is 0.309 e. The number of rotatable bonds is 3. The summed E-state index contributed by atoms with van der Waals surface area (Å²) in [6.45, 7) is 4.00. The van der Waals surface area contributed by atoms with Crippen LogP contribution in [-0.2, 0) is 0 Å². The standard InChI is InChI=1S/C43H27N3.C2H6/c1-3-14-28(15-4-1)45-39-25-13-22-36(43-44-37-23-11-12-24-38(37)46(43)29-16-5-2-6-17-29)40(39)35-27-26-34-32-20-8-7-18-30(32)31-19-9-10-21-33(31)41(34)42(35)45;1-2/h1-27H;1-2H3. The molecule has 8 aromatic carbocycles. The van der Waals surface area contributed by atoms with Crippen LogP contribution in [0.25, 0.3) is 87.9 Å². The Kier molecular flexibility index (Phi) is 6.58. The van der Waals surface area contributed by atoms with E-state index in [-0.39, 0.29) is 0 Å². The molecule has 0 saturated carbocycles. The van der Waals surface area contributed by atoms with Crippen molar-refractivity contribution in [2.24, 2.45) is 0 Å². The van der Waals surface area contributed by atoms with Crippen LogP contribution in [0, 0.1) is 0 Å². The van der Waals surface area contributed by atoms with Crippen LogP contribution in [-0.4, -0.2) is 14.1 Å². The van der Waals surface area contributed by atoms with Crippen LogP contribution in [0.2, 0.25) is 0 Å². The molecule has 2 aromatic heterocycles. The van der Waals surface area contributed by atoms with Crippen LogP contribution < -0.4 is 0 Å². The molecule has 0 aliphatic rings. The third-order valence-corrected chi connectivity index (χ3v) is 9.49. The summed E-state index contributed by atoms with van der Waals surface area (Å²) in [7, 11) is 0. The fourth-order valence-corrected chi connectivity index (χ4v) is 7.62. The van der Waals surface area contributed by atoms with E-state index >= 15 is 0 Å². The summed E-state index contributed by atoms with van der Waals surface area (Å²) < 4.78 is 4.77. The van der Waals surface area contributed by atoms with Gasteiger partial charge in [-0.15, -0.1) is 0 Å². The van der Waals surface area contributed by atoms with Crippen LogP contribution in [0.15, 0.2) is 164 Å². The number of hydrogen-bond acceptors (Lipinski definition) is 1. The van der Waals surface area contributed by atoms with E-state index in [1.54, 1.807) is 0 Å². The summed E-state index contributed by atoms with van der Waals surface area (Å²) in [5.74, 6) is 0.938. The first-order chi connectivity index (χ1) is 23.9. The minimum absolute atomic E-state index is 0.938. The molecule has 0 amide bonds. The van der Waals surface area contributed by atoms with Gasteiger partial charge in [-0.3, -0.25) is 4.57 Å². The Balaban J connectivity index is 0.00000154. The van der Waals surface area contributed by atoms with Crippen molar-refractivity contribution in [1.29, 1.82) is 0 Å². The second-order valence-corrected chi connectivity index (χ2v) is 11.9. The van der Waals surface area contributed by atoms with Crippen LogP contribution in [0.4, 0.5) is 0 Å². The second-order valence-electron chi connectivity index (χ2n) is 11.9. The van der Waals surface area contributed by atoms with Gasteiger partial charge in [-0.1, -0.05) is 135 Å². The Morgan fingerprint density at radius 3 is 1.56 bits per heavy atom. The highest BCUT2D eigenvalue weighted by molar-refractivity contribution is 6.34. The molecular formula is C45H33N3. The summed E-state index contributed by atoms with van der Waals surface area (Å²) in [4.78, 5) is 5.31. The van der Waals surface area contributed by atoms with Crippen LogP contribution in [0.5, 0.6) is 0 Å². The van der Waals surface area contributed by atoms with Gasteiger partial charge >= 0.3 is 0 Å². The van der Waals surface area contributed by atoms with Crippen molar-refractivity contribution in [3.63, 3.8) is 0 Å². The highest BCUT2D eigenvalue weighted by atomic mass is 15.1. The molecule has 0 bridgehead atoms. The molecule has 10 aromatic rings. The van der Waals surface area contributed by atoms with Gasteiger partial charge in [-0.05, 0) is 69.4 Å². The van der Waals surface area contributed by atoms with Crippen molar-refractivity contribution in [2.75, 3.05) is 0 Å². The first-order valence-electron chi connectivity index (χ1n) is 16.7. The number of benzene rings is 8. The Morgan fingerprint density at radius 2 is 0.875 bits per heavy atom. The van der Waals surface area contributed by atoms with Crippen molar-refractivity contribution in [1.82, 2.24) is 14.1 Å². The maximum atomic E-state index is 5.31. The van der Waals surface area contributed by atoms with Crippen molar-refractivity contribution < 1.29 is 0 Å². The maximum Gasteiger partial charge on any atom is 0.146 e. The van der Waals surface area contributed by atoms with E-state index in [4.69, 9.17) is 4.98 Å². The smallest absolute Gasteiger partial charge is 0.146 e. The van der Waals surface area contributed by atoms with Crippen molar-refractivity contribution in [2.45, 2.75) is 13.8 Å². The van der Waals surface area contributed by atoms with Crippen molar-refractivity contribution in [3.8, 4) is 22.8 Å². The monoisotopic (exact) mass is 615 g/mol. The highest BCUT2D eigenvalue weighted by Crippen LogP contribution is 2.45. The molecule has 2 heterocycles.